The van der Waals surface area contributed by atoms with E-state index in [1.807, 2.05) is 26.0 Å². The maximum atomic E-state index is 9.27. The Hall–Kier alpha value is -1.53. The van der Waals surface area contributed by atoms with E-state index in [0.29, 0.717) is 12.6 Å². The van der Waals surface area contributed by atoms with Crippen LogP contribution in [-0.4, -0.2) is 18.2 Å². The fourth-order valence-electron chi connectivity index (χ4n) is 1.89. The zero-order valence-electron chi connectivity index (χ0n) is 11.3. The Labute approximate surface area is 109 Å². The SMILES string of the molecule is Cc1cccc(OCC(C)(C#N)NC2CC2)c1C. The highest BCUT2D eigenvalue weighted by Crippen LogP contribution is 2.24. The summed E-state index contributed by atoms with van der Waals surface area (Å²) < 4.78 is 5.82. The molecule has 3 heteroatoms. The van der Waals surface area contributed by atoms with Crippen LogP contribution in [0.4, 0.5) is 0 Å². The normalized spacial score (nSPS) is 17.9. The van der Waals surface area contributed by atoms with Crippen molar-refractivity contribution in [3.8, 4) is 11.8 Å². The van der Waals surface area contributed by atoms with E-state index in [2.05, 4.69) is 24.4 Å². The number of ether oxygens (including phenoxy) is 1. The third-order valence-corrected chi connectivity index (χ3v) is 3.42. The number of aryl methyl sites for hydroxylation is 1. The van der Waals surface area contributed by atoms with Crippen LogP contribution in [-0.2, 0) is 0 Å². The molecule has 1 aromatic carbocycles. The highest BCUT2D eigenvalue weighted by molar-refractivity contribution is 5.38. The van der Waals surface area contributed by atoms with E-state index in [1.165, 1.54) is 18.4 Å². The maximum Gasteiger partial charge on any atom is 0.138 e. The van der Waals surface area contributed by atoms with E-state index < -0.39 is 5.54 Å². The molecule has 0 bridgehead atoms. The molecule has 2 rings (SSSR count). The summed E-state index contributed by atoms with van der Waals surface area (Å²) in [5.41, 5.74) is 1.75. The molecule has 0 aliphatic heterocycles. The Bertz CT molecular complexity index is 474. The molecular weight excluding hydrogens is 224 g/mol. The summed E-state index contributed by atoms with van der Waals surface area (Å²) in [5.74, 6) is 0.870. The van der Waals surface area contributed by atoms with Crippen molar-refractivity contribution in [3.63, 3.8) is 0 Å². The maximum absolute atomic E-state index is 9.27. The van der Waals surface area contributed by atoms with Gasteiger partial charge in [-0.2, -0.15) is 5.26 Å². The van der Waals surface area contributed by atoms with E-state index in [0.717, 1.165) is 11.3 Å². The predicted octanol–water partition coefficient (Wildman–Crippen LogP) is 2.72. The van der Waals surface area contributed by atoms with Gasteiger partial charge in [-0.05, 0) is 50.8 Å². The van der Waals surface area contributed by atoms with Crippen LogP contribution in [0, 0.1) is 25.2 Å². The van der Waals surface area contributed by atoms with Gasteiger partial charge in [-0.15, -0.1) is 0 Å². The van der Waals surface area contributed by atoms with Gasteiger partial charge in [0.05, 0.1) is 6.07 Å². The molecule has 0 spiro atoms. The van der Waals surface area contributed by atoms with Crippen molar-refractivity contribution in [2.24, 2.45) is 0 Å². The third-order valence-electron chi connectivity index (χ3n) is 3.42. The second-order valence-electron chi connectivity index (χ2n) is 5.35. The van der Waals surface area contributed by atoms with E-state index in [1.54, 1.807) is 0 Å². The quantitative estimate of drug-likeness (QED) is 0.866. The first kappa shape index (κ1) is 12.9. The molecular formula is C15H20N2O. The smallest absolute Gasteiger partial charge is 0.138 e. The van der Waals surface area contributed by atoms with E-state index in [-0.39, 0.29) is 0 Å². The number of hydrogen-bond donors (Lipinski definition) is 1. The highest BCUT2D eigenvalue weighted by atomic mass is 16.5. The Kier molecular flexibility index (Phi) is 3.58. The minimum atomic E-state index is -0.600. The van der Waals surface area contributed by atoms with Gasteiger partial charge < -0.3 is 4.74 Å². The molecule has 1 saturated carbocycles. The number of nitrogens with zero attached hydrogens (tertiary/aromatic N) is 1. The van der Waals surface area contributed by atoms with Crippen LogP contribution in [0.3, 0.4) is 0 Å². The molecule has 1 aromatic rings. The monoisotopic (exact) mass is 244 g/mol. The summed E-state index contributed by atoms with van der Waals surface area (Å²) >= 11 is 0. The number of hydrogen-bond acceptors (Lipinski definition) is 3. The van der Waals surface area contributed by atoms with Crippen molar-refractivity contribution in [2.75, 3.05) is 6.61 Å². The number of benzene rings is 1. The first-order valence-corrected chi connectivity index (χ1v) is 6.42. The van der Waals surface area contributed by atoms with Crippen LogP contribution >= 0.6 is 0 Å². The number of nitriles is 1. The van der Waals surface area contributed by atoms with E-state index in [9.17, 15) is 5.26 Å². The fourth-order valence-corrected chi connectivity index (χ4v) is 1.89. The molecule has 1 fully saturated rings. The molecule has 1 aliphatic carbocycles. The van der Waals surface area contributed by atoms with Crippen molar-refractivity contribution >= 4 is 0 Å². The van der Waals surface area contributed by atoms with Gasteiger partial charge in [-0.3, -0.25) is 5.32 Å². The van der Waals surface area contributed by atoms with E-state index >= 15 is 0 Å². The highest BCUT2D eigenvalue weighted by Gasteiger charge is 2.33. The molecule has 0 saturated heterocycles. The van der Waals surface area contributed by atoms with Crippen molar-refractivity contribution < 1.29 is 4.74 Å². The lowest BCUT2D eigenvalue weighted by Crippen LogP contribution is -2.47. The van der Waals surface area contributed by atoms with Crippen LogP contribution in [0.15, 0.2) is 18.2 Å². The molecule has 1 atom stereocenters. The molecule has 3 nitrogen and oxygen atoms in total. The van der Waals surface area contributed by atoms with Crippen LogP contribution in [0.2, 0.25) is 0 Å². The van der Waals surface area contributed by atoms with Gasteiger partial charge in [0, 0.05) is 6.04 Å². The summed E-state index contributed by atoms with van der Waals surface area (Å²) in [4.78, 5) is 0. The van der Waals surface area contributed by atoms with Crippen LogP contribution in [0.25, 0.3) is 0 Å². The Morgan fingerprint density at radius 2 is 2.17 bits per heavy atom. The lowest BCUT2D eigenvalue weighted by Gasteiger charge is -2.24. The number of rotatable bonds is 5. The second-order valence-corrected chi connectivity index (χ2v) is 5.35. The topological polar surface area (TPSA) is 45.0 Å². The predicted molar refractivity (Wildman–Crippen MR) is 71.6 cm³/mol. The zero-order chi connectivity index (χ0) is 13.2. The molecule has 0 aromatic heterocycles. The molecule has 1 N–H and O–H groups in total. The minimum absolute atomic E-state index is 0.379. The summed E-state index contributed by atoms with van der Waals surface area (Å²) in [7, 11) is 0. The largest absolute Gasteiger partial charge is 0.490 e. The van der Waals surface area contributed by atoms with Gasteiger partial charge in [0.25, 0.3) is 0 Å². The lowest BCUT2D eigenvalue weighted by molar-refractivity contribution is 0.231. The van der Waals surface area contributed by atoms with Gasteiger partial charge >= 0.3 is 0 Å². The van der Waals surface area contributed by atoms with Gasteiger partial charge in [-0.1, -0.05) is 12.1 Å². The van der Waals surface area contributed by atoms with Gasteiger partial charge in [0.15, 0.2) is 0 Å². The Balaban J connectivity index is 2.01. The molecule has 96 valence electrons. The van der Waals surface area contributed by atoms with Gasteiger partial charge in [-0.25, -0.2) is 0 Å². The standard InChI is InChI=1S/C15H20N2O/c1-11-5-4-6-14(12(11)2)18-10-15(3,9-16)17-13-7-8-13/h4-6,13,17H,7-8,10H2,1-3H3. The molecule has 18 heavy (non-hydrogen) atoms. The van der Waals surface area contributed by atoms with Gasteiger partial charge in [0.1, 0.15) is 17.9 Å². The fraction of sp³-hybridized carbons (Fsp3) is 0.533. The summed E-state index contributed by atoms with van der Waals surface area (Å²) in [5, 5.41) is 12.6. The van der Waals surface area contributed by atoms with Crippen LogP contribution < -0.4 is 10.1 Å². The lowest BCUT2D eigenvalue weighted by atomic mass is 10.1. The molecule has 0 heterocycles. The Morgan fingerprint density at radius 3 is 2.78 bits per heavy atom. The molecule has 1 unspecified atom stereocenters. The van der Waals surface area contributed by atoms with Gasteiger partial charge in [0.2, 0.25) is 0 Å². The molecule has 0 amide bonds. The van der Waals surface area contributed by atoms with Crippen molar-refractivity contribution in [1.29, 1.82) is 5.26 Å². The van der Waals surface area contributed by atoms with Crippen molar-refractivity contribution in [2.45, 2.75) is 45.2 Å². The van der Waals surface area contributed by atoms with Crippen LogP contribution in [0.5, 0.6) is 5.75 Å². The van der Waals surface area contributed by atoms with Crippen molar-refractivity contribution in [1.82, 2.24) is 5.32 Å². The van der Waals surface area contributed by atoms with Crippen molar-refractivity contribution in [3.05, 3.63) is 29.3 Å². The average Bonchev–Trinajstić information content (AvgIpc) is 3.15. The first-order valence-electron chi connectivity index (χ1n) is 6.42. The second kappa shape index (κ2) is 4.99. The summed E-state index contributed by atoms with van der Waals surface area (Å²) in [6.45, 7) is 6.39. The third kappa shape index (κ3) is 3.02. The summed E-state index contributed by atoms with van der Waals surface area (Å²) in [6.07, 6.45) is 2.33. The molecule has 0 radical (unpaired) electrons. The number of nitrogens with one attached hydrogen (secondary N) is 1. The average molecular weight is 244 g/mol. The molecule has 1 aliphatic rings. The minimum Gasteiger partial charge on any atom is -0.490 e. The Morgan fingerprint density at radius 1 is 1.44 bits per heavy atom. The van der Waals surface area contributed by atoms with Crippen LogP contribution in [0.1, 0.15) is 30.9 Å². The zero-order valence-corrected chi connectivity index (χ0v) is 11.3. The summed E-state index contributed by atoms with van der Waals surface area (Å²) in [6, 6.07) is 8.82. The van der Waals surface area contributed by atoms with E-state index in [4.69, 9.17) is 4.74 Å². The first-order chi connectivity index (χ1) is 8.54.